The van der Waals surface area contributed by atoms with Crippen molar-refractivity contribution in [2.24, 2.45) is 0 Å². The average molecular weight is 281 g/mol. The van der Waals surface area contributed by atoms with Gasteiger partial charge < -0.3 is 10.6 Å². The van der Waals surface area contributed by atoms with Crippen molar-refractivity contribution in [1.29, 1.82) is 0 Å². The zero-order valence-electron chi connectivity index (χ0n) is 11.9. The summed E-state index contributed by atoms with van der Waals surface area (Å²) in [5.41, 5.74) is 0. The van der Waals surface area contributed by atoms with Crippen LogP contribution >= 0.6 is 11.8 Å². The zero-order valence-corrected chi connectivity index (χ0v) is 12.7. The molecule has 1 amide bonds. The minimum Gasteiger partial charge on any atom is -0.370 e. The van der Waals surface area contributed by atoms with Crippen molar-refractivity contribution in [3.63, 3.8) is 0 Å². The van der Waals surface area contributed by atoms with Gasteiger partial charge in [0.15, 0.2) is 0 Å². The molecule has 19 heavy (non-hydrogen) atoms. The van der Waals surface area contributed by atoms with E-state index in [2.05, 4.69) is 36.4 Å². The Balaban J connectivity index is 2.03. The molecule has 0 aromatic carbocycles. The lowest BCUT2D eigenvalue weighted by Crippen LogP contribution is -2.28. The SMILES string of the molecule is CC(C)(C)SCC(=O)NCCCNc1ccccn1. The Morgan fingerprint density at radius 1 is 1.32 bits per heavy atom. The molecule has 0 unspecified atom stereocenters. The minimum atomic E-state index is 0.109. The van der Waals surface area contributed by atoms with E-state index in [1.54, 1.807) is 18.0 Å². The van der Waals surface area contributed by atoms with Gasteiger partial charge in [-0.3, -0.25) is 4.79 Å². The van der Waals surface area contributed by atoms with Crippen molar-refractivity contribution in [3.8, 4) is 0 Å². The van der Waals surface area contributed by atoms with Crippen molar-refractivity contribution in [2.75, 3.05) is 24.2 Å². The number of nitrogens with zero attached hydrogens (tertiary/aromatic N) is 1. The fourth-order valence-electron chi connectivity index (χ4n) is 1.33. The normalized spacial score (nSPS) is 11.1. The Labute approximate surface area is 119 Å². The first kappa shape index (κ1) is 15.8. The third-order valence-corrected chi connectivity index (χ3v) is 3.56. The highest BCUT2D eigenvalue weighted by Crippen LogP contribution is 2.22. The molecule has 1 aromatic heterocycles. The second kappa shape index (κ2) is 8.04. The maximum Gasteiger partial charge on any atom is 0.230 e. The van der Waals surface area contributed by atoms with Crippen molar-refractivity contribution in [2.45, 2.75) is 31.9 Å². The standard InChI is InChI=1S/C14H23N3OS/c1-14(2,3)19-11-13(18)17-10-6-9-16-12-7-4-5-8-15-12/h4-5,7-8H,6,9-11H2,1-3H3,(H,15,16)(H,17,18). The largest absolute Gasteiger partial charge is 0.370 e. The van der Waals surface area contributed by atoms with Crippen LogP contribution in [0.1, 0.15) is 27.2 Å². The van der Waals surface area contributed by atoms with Crippen LogP contribution in [0.3, 0.4) is 0 Å². The van der Waals surface area contributed by atoms with Crippen molar-refractivity contribution >= 4 is 23.5 Å². The molecule has 0 radical (unpaired) electrons. The Morgan fingerprint density at radius 3 is 2.74 bits per heavy atom. The molecule has 0 bridgehead atoms. The summed E-state index contributed by atoms with van der Waals surface area (Å²) in [5.74, 6) is 1.51. The second-order valence-corrected chi connectivity index (χ2v) is 7.05. The number of hydrogen-bond acceptors (Lipinski definition) is 4. The number of rotatable bonds is 7. The third kappa shape index (κ3) is 8.48. The van der Waals surface area contributed by atoms with Crippen molar-refractivity contribution < 1.29 is 4.79 Å². The third-order valence-electron chi connectivity index (χ3n) is 2.28. The van der Waals surface area contributed by atoms with E-state index in [0.29, 0.717) is 12.3 Å². The maximum atomic E-state index is 11.6. The number of carbonyl (C=O) groups excluding carboxylic acids is 1. The molecule has 4 nitrogen and oxygen atoms in total. The quantitative estimate of drug-likeness (QED) is 0.754. The van der Waals surface area contributed by atoms with E-state index < -0.39 is 0 Å². The van der Waals surface area contributed by atoms with Crippen LogP contribution in [0.25, 0.3) is 0 Å². The van der Waals surface area contributed by atoms with E-state index in [4.69, 9.17) is 0 Å². The van der Waals surface area contributed by atoms with Crippen molar-refractivity contribution in [1.82, 2.24) is 10.3 Å². The summed E-state index contributed by atoms with van der Waals surface area (Å²) >= 11 is 1.66. The lowest BCUT2D eigenvalue weighted by Gasteiger charge is -2.16. The molecule has 1 heterocycles. The molecule has 1 rings (SSSR count). The fourth-order valence-corrected chi connectivity index (χ4v) is 2.00. The smallest absolute Gasteiger partial charge is 0.230 e. The van der Waals surface area contributed by atoms with E-state index in [1.807, 2.05) is 18.2 Å². The number of anilines is 1. The summed E-state index contributed by atoms with van der Waals surface area (Å²) in [5, 5.41) is 6.13. The number of nitrogens with one attached hydrogen (secondary N) is 2. The minimum absolute atomic E-state index is 0.109. The molecule has 1 aromatic rings. The summed E-state index contributed by atoms with van der Waals surface area (Å²) in [6.07, 6.45) is 2.65. The Bertz CT molecular complexity index is 376. The van der Waals surface area contributed by atoms with Gasteiger partial charge in [0, 0.05) is 24.0 Å². The Kier molecular flexibility index (Phi) is 6.70. The molecule has 0 spiro atoms. The first-order chi connectivity index (χ1) is 8.97. The lowest BCUT2D eigenvalue weighted by atomic mass is 10.3. The molecule has 0 aliphatic heterocycles. The predicted octanol–water partition coefficient (Wildman–Crippen LogP) is 2.53. The molecule has 5 heteroatoms. The molecule has 0 saturated heterocycles. The predicted molar refractivity (Wildman–Crippen MR) is 82.6 cm³/mol. The number of thioether (sulfide) groups is 1. The monoisotopic (exact) mass is 281 g/mol. The Morgan fingerprint density at radius 2 is 2.11 bits per heavy atom. The highest BCUT2D eigenvalue weighted by atomic mass is 32.2. The van der Waals surface area contributed by atoms with Crippen LogP contribution < -0.4 is 10.6 Å². The maximum absolute atomic E-state index is 11.6. The van der Waals surface area contributed by atoms with Gasteiger partial charge >= 0.3 is 0 Å². The van der Waals surface area contributed by atoms with Crippen LogP contribution in [0.5, 0.6) is 0 Å². The highest BCUT2D eigenvalue weighted by Gasteiger charge is 2.12. The van der Waals surface area contributed by atoms with Crippen LogP contribution in [0.4, 0.5) is 5.82 Å². The molecule has 0 saturated carbocycles. The molecular formula is C14H23N3OS. The molecule has 106 valence electrons. The average Bonchev–Trinajstić information content (AvgIpc) is 2.36. The number of hydrogen-bond donors (Lipinski definition) is 2. The van der Waals surface area contributed by atoms with Gasteiger partial charge in [-0.15, -0.1) is 11.8 Å². The van der Waals surface area contributed by atoms with Crippen LogP contribution in [0.15, 0.2) is 24.4 Å². The molecule has 0 aliphatic rings. The molecule has 2 N–H and O–H groups in total. The van der Waals surface area contributed by atoms with Gasteiger partial charge in [0.1, 0.15) is 5.82 Å². The van der Waals surface area contributed by atoms with Crippen LogP contribution in [0.2, 0.25) is 0 Å². The number of pyridine rings is 1. The van der Waals surface area contributed by atoms with E-state index in [-0.39, 0.29) is 10.7 Å². The number of carbonyl (C=O) groups is 1. The van der Waals surface area contributed by atoms with Gasteiger partial charge in [-0.25, -0.2) is 4.98 Å². The molecule has 0 fully saturated rings. The van der Waals surface area contributed by atoms with Crippen molar-refractivity contribution in [3.05, 3.63) is 24.4 Å². The van der Waals surface area contributed by atoms with E-state index in [9.17, 15) is 4.79 Å². The van der Waals surface area contributed by atoms with Crippen LogP contribution in [-0.2, 0) is 4.79 Å². The number of aromatic nitrogens is 1. The fraction of sp³-hybridized carbons (Fsp3) is 0.571. The Hall–Kier alpha value is -1.23. The van der Waals surface area contributed by atoms with Gasteiger partial charge in [0.2, 0.25) is 5.91 Å². The number of amides is 1. The molecular weight excluding hydrogens is 258 g/mol. The summed E-state index contributed by atoms with van der Waals surface area (Å²) in [6.45, 7) is 7.85. The lowest BCUT2D eigenvalue weighted by molar-refractivity contribution is -0.118. The van der Waals surface area contributed by atoms with Gasteiger partial charge in [-0.05, 0) is 18.6 Å². The first-order valence-corrected chi connectivity index (χ1v) is 7.51. The summed E-state index contributed by atoms with van der Waals surface area (Å²) < 4.78 is 0.137. The first-order valence-electron chi connectivity index (χ1n) is 6.53. The van der Waals surface area contributed by atoms with E-state index in [1.165, 1.54) is 0 Å². The van der Waals surface area contributed by atoms with E-state index >= 15 is 0 Å². The summed E-state index contributed by atoms with van der Waals surface area (Å²) in [4.78, 5) is 15.7. The summed E-state index contributed by atoms with van der Waals surface area (Å²) in [7, 11) is 0. The van der Waals surface area contributed by atoms with Gasteiger partial charge in [0.25, 0.3) is 0 Å². The zero-order chi connectivity index (χ0) is 14.1. The molecule has 0 aliphatic carbocycles. The summed E-state index contributed by atoms with van der Waals surface area (Å²) in [6, 6.07) is 5.76. The van der Waals surface area contributed by atoms with Gasteiger partial charge in [0.05, 0.1) is 5.75 Å². The topological polar surface area (TPSA) is 54.0 Å². The van der Waals surface area contributed by atoms with Crippen LogP contribution in [0, 0.1) is 0 Å². The van der Waals surface area contributed by atoms with Gasteiger partial charge in [-0.2, -0.15) is 0 Å². The van der Waals surface area contributed by atoms with Gasteiger partial charge in [-0.1, -0.05) is 26.8 Å². The van der Waals surface area contributed by atoms with Crippen LogP contribution in [-0.4, -0.2) is 34.5 Å². The second-order valence-electron chi connectivity index (χ2n) is 5.25. The molecule has 0 atom stereocenters. The van der Waals surface area contributed by atoms with E-state index in [0.717, 1.165) is 18.8 Å². The highest BCUT2D eigenvalue weighted by molar-refractivity contribution is 8.01.